The molecule has 4 heteroatoms. The average Bonchev–Trinajstić information content (AvgIpc) is 2.68. The van der Waals surface area contributed by atoms with Crippen molar-refractivity contribution >= 4 is 18.3 Å². The van der Waals surface area contributed by atoms with Crippen molar-refractivity contribution in [3.8, 4) is 0 Å². The Hall–Kier alpha value is -2.46. The van der Waals surface area contributed by atoms with Gasteiger partial charge >= 0.3 is 0 Å². The minimum absolute atomic E-state index is 0.0846. The van der Waals surface area contributed by atoms with Gasteiger partial charge in [-0.3, -0.25) is 9.79 Å². The summed E-state index contributed by atoms with van der Waals surface area (Å²) in [6.45, 7) is 13.3. The molecule has 0 aliphatic rings. The third-order valence-electron chi connectivity index (χ3n) is 3.22. The topological polar surface area (TPSA) is 61.7 Å². The minimum Gasteiger partial charge on any atom is -0.396 e. The molecule has 0 aliphatic carbocycles. The molecule has 0 radical (unpaired) electrons. The number of rotatable bonds is 7. The highest BCUT2D eigenvalue weighted by atomic mass is 16.3. The zero-order valence-electron chi connectivity index (χ0n) is 17.5. The van der Waals surface area contributed by atoms with Crippen LogP contribution in [-0.4, -0.2) is 30.4 Å². The Bertz CT molecular complexity index is 597. The molecule has 0 saturated heterocycles. The number of aryl methyl sites for hydroxylation is 1. The number of hydrogen-bond acceptors (Lipinski definition) is 3. The summed E-state index contributed by atoms with van der Waals surface area (Å²) in [4.78, 5) is 15.7. The van der Waals surface area contributed by atoms with Crippen LogP contribution in [0, 0.1) is 6.92 Å². The number of aliphatic hydroxyl groups is 1. The Labute approximate surface area is 165 Å². The van der Waals surface area contributed by atoms with Crippen molar-refractivity contribution in [1.82, 2.24) is 0 Å². The van der Waals surface area contributed by atoms with E-state index in [0.29, 0.717) is 17.7 Å². The summed E-state index contributed by atoms with van der Waals surface area (Å²) in [5, 5.41) is 12.0. The molecule has 1 aromatic carbocycles. The van der Waals surface area contributed by atoms with Crippen LogP contribution < -0.4 is 5.32 Å². The number of aliphatic imine (C=N–C) groups is 1. The Kier molecular flexibility index (Phi) is 19.7. The highest BCUT2D eigenvalue weighted by Crippen LogP contribution is 2.11. The molecule has 0 bridgehead atoms. The summed E-state index contributed by atoms with van der Waals surface area (Å²) in [5.41, 5.74) is 2.25. The summed E-state index contributed by atoms with van der Waals surface area (Å²) in [6, 6.07) is 13.3. The van der Waals surface area contributed by atoms with Gasteiger partial charge in [0.25, 0.3) is 0 Å². The molecule has 0 heterocycles. The predicted octanol–water partition coefficient (Wildman–Crippen LogP) is 5.75. The number of nitrogens with one attached hydrogen (secondary N) is 1. The third-order valence-corrected chi connectivity index (χ3v) is 3.22. The molecule has 150 valence electrons. The first-order valence-corrected chi connectivity index (χ1v) is 9.48. The Morgan fingerprint density at radius 3 is 2.33 bits per heavy atom. The molecule has 4 nitrogen and oxygen atoms in total. The number of carbonyl (C=O) groups excluding carboxylic acids is 1. The first-order chi connectivity index (χ1) is 13.1. The van der Waals surface area contributed by atoms with E-state index in [0.717, 1.165) is 18.3 Å². The van der Waals surface area contributed by atoms with E-state index in [1.54, 1.807) is 12.4 Å². The zero-order valence-corrected chi connectivity index (χ0v) is 17.5. The second-order valence-electron chi connectivity index (χ2n) is 5.38. The van der Waals surface area contributed by atoms with Crippen LogP contribution >= 0.6 is 0 Å². The second-order valence-corrected chi connectivity index (χ2v) is 5.38. The van der Waals surface area contributed by atoms with Gasteiger partial charge in [0.2, 0.25) is 0 Å². The highest BCUT2D eigenvalue weighted by Gasteiger charge is 2.01. The van der Waals surface area contributed by atoms with Crippen molar-refractivity contribution in [2.24, 2.45) is 4.99 Å². The summed E-state index contributed by atoms with van der Waals surface area (Å²) < 4.78 is 0. The summed E-state index contributed by atoms with van der Waals surface area (Å²) >= 11 is 0. The molecule has 0 aromatic heterocycles. The number of allylic oxidation sites excluding steroid dienone is 1. The molecule has 1 aromatic rings. The fourth-order valence-corrected chi connectivity index (χ4v) is 1.93. The van der Waals surface area contributed by atoms with E-state index in [2.05, 4.69) is 16.9 Å². The average molecular weight is 373 g/mol. The Morgan fingerprint density at radius 2 is 1.81 bits per heavy atom. The number of aliphatic hydroxyl groups excluding tert-OH is 1. The van der Waals surface area contributed by atoms with Crippen LogP contribution in [-0.2, 0) is 0 Å². The molecular formula is C23H36N2O2. The number of carbonyl (C=O) groups is 1. The van der Waals surface area contributed by atoms with Gasteiger partial charge in [-0.05, 0) is 38.8 Å². The highest BCUT2D eigenvalue weighted by molar-refractivity contribution is 5.89. The molecular weight excluding hydrogens is 336 g/mol. The SMILES string of the molecule is C=CC.CC.CCC(CCO)N=CNc1ccccccc(C)cc1C=O. The van der Waals surface area contributed by atoms with Gasteiger partial charge in [0.05, 0.1) is 12.4 Å². The van der Waals surface area contributed by atoms with Crippen molar-refractivity contribution in [3.05, 3.63) is 66.2 Å². The Balaban J connectivity index is 0. The molecule has 0 aliphatic heterocycles. The normalized spacial score (nSPS) is 10.3. The maximum absolute atomic E-state index is 11.3. The Morgan fingerprint density at radius 1 is 1.22 bits per heavy atom. The molecule has 1 atom stereocenters. The van der Waals surface area contributed by atoms with E-state index < -0.39 is 0 Å². The molecule has 2 N–H and O–H groups in total. The van der Waals surface area contributed by atoms with Crippen LogP contribution in [0.1, 0.15) is 56.5 Å². The van der Waals surface area contributed by atoms with Gasteiger partial charge in [-0.2, -0.15) is 0 Å². The number of aldehydes is 1. The van der Waals surface area contributed by atoms with Crippen LogP contribution in [0.3, 0.4) is 0 Å². The van der Waals surface area contributed by atoms with Crippen molar-refractivity contribution in [1.29, 1.82) is 0 Å². The van der Waals surface area contributed by atoms with Gasteiger partial charge in [-0.1, -0.05) is 62.7 Å². The lowest BCUT2D eigenvalue weighted by atomic mass is 10.2. The molecule has 1 rings (SSSR count). The number of nitrogens with zero attached hydrogens (tertiary/aromatic N) is 1. The van der Waals surface area contributed by atoms with E-state index in [1.165, 1.54) is 0 Å². The van der Waals surface area contributed by atoms with E-state index in [4.69, 9.17) is 5.11 Å². The molecule has 27 heavy (non-hydrogen) atoms. The molecule has 0 saturated carbocycles. The third kappa shape index (κ3) is 14.4. The fraction of sp³-hybridized carbons (Fsp3) is 0.391. The van der Waals surface area contributed by atoms with Gasteiger partial charge < -0.3 is 10.4 Å². The van der Waals surface area contributed by atoms with E-state index in [-0.39, 0.29) is 12.6 Å². The van der Waals surface area contributed by atoms with Crippen LogP contribution in [0.15, 0.2) is 60.1 Å². The van der Waals surface area contributed by atoms with Gasteiger partial charge in [0.15, 0.2) is 6.29 Å². The number of anilines is 1. The van der Waals surface area contributed by atoms with Gasteiger partial charge in [0.1, 0.15) is 0 Å². The predicted molar refractivity (Wildman–Crippen MR) is 119 cm³/mol. The lowest BCUT2D eigenvalue weighted by Crippen LogP contribution is -2.08. The van der Waals surface area contributed by atoms with Crippen molar-refractivity contribution in [3.63, 3.8) is 0 Å². The van der Waals surface area contributed by atoms with Crippen LogP contribution in [0.5, 0.6) is 0 Å². The van der Waals surface area contributed by atoms with Crippen LogP contribution in [0.25, 0.3) is 0 Å². The zero-order chi connectivity index (χ0) is 20.9. The quantitative estimate of drug-likeness (QED) is 0.277. The van der Waals surface area contributed by atoms with Gasteiger partial charge in [-0.15, -0.1) is 6.58 Å². The maximum Gasteiger partial charge on any atom is 0.152 e. The first kappa shape index (κ1) is 26.8. The van der Waals surface area contributed by atoms with Crippen LogP contribution in [0.4, 0.5) is 5.69 Å². The lowest BCUT2D eigenvalue weighted by molar-refractivity contribution is 0.112. The van der Waals surface area contributed by atoms with Gasteiger partial charge in [-0.25, -0.2) is 0 Å². The summed E-state index contributed by atoms with van der Waals surface area (Å²) in [7, 11) is 0. The first-order valence-electron chi connectivity index (χ1n) is 9.48. The van der Waals surface area contributed by atoms with E-state index in [9.17, 15) is 4.79 Å². The monoisotopic (exact) mass is 372 g/mol. The molecule has 0 spiro atoms. The van der Waals surface area contributed by atoms with Gasteiger partial charge in [0, 0.05) is 17.9 Å². The lowest BCUT2D eigenvalue weighted by Gasteiger charge is -2.08. The molecule has 0 fully saturated rings. The molecule has 1 unspecified atom stereocenters. The maximum atomic E-state index is 11.3. The van der Waals surface area contributed by atoms with Crippen molar-refractivity contribution < 1.29 is 9.90 Å². The van der Waals surface area contributed by atoms with E-state index in [1.807, 2.05) is 77.1 Å². The van der Waals surface area contributed by atoms with Crippen molar-refractivity contribution in [2.75, 3.05) is 11.9 Å². The molecule has 0 amide bonds. The van der Waals surface area contributed by atoms with E-state index >= 15 is 0 Å². The second kappa shape index (κ2) is 19.9. The fourth-order valence-electron chi connectivity index (χ4n) is 1.93. The van der Waals surface area contributed by atoms with Crippen LogP contribution in [0.2, 0.25) is 0 Å². The standard InChI is InChI=1S/C18H24N2O2.C3H6.C2H6/c1-3-17(10-11-21)19-14-20-18-9-7-5-4-6-8-15(2)12-16(18)13-22;1-3-2;1-2/h4-9,12-14,17,21H,3,10-11H2,1-2H3,(H,19,20);3H,1H2,2H3;1-2H3. The number of hydrogen-bond donors (Lipinski definition) is 2. The summed E-state index contributed by atoms with van der Waals surface area (Å²) in [6.07, 6.45) is 5.67. The minimum atomic E-state index is 0.0846. The largest absolute Gasteiger partial charge is 0.396 e. The smallest absolute Gasteiger partial charge is 0.152 e. The summed E-state index contributed by atoms with van der Waals surface area (Å²) in [5.74, 6) is 0. The van der Waals surface area contributed by atoms with Crippen molar-refractivity contribution in [2.45, 2.75) is 53.5 Å².